The molecule has 0 unspecified atom stereocenters. The predicted octanol–water partition coefficient (Wildman–Crippen LogP) is 2.69. The minimum atomic E-state index is -0.187. The van der Waals surface area contributed by atoms with E-state index in [1.54, 1.807) is 6.07 Å². The van der Waals surface area contributed by atoms with Gasteiger partial charge in [0.05, 0.1) is 5.69 Å². The van der Waals surface area contributed by atoms with Crippen LogP contribution in [0.25, 0.3) is 0 Å². The molecule has 1 aromatic carbocycles. The Labute approximate surface area is 90.9 Å². The molecular formula is C12H19FN2. The van der Waals surface area contributed by atoms with Gasteiger partial charge in [0.25, 0.3) is 0 Å². The number of hydrogen-bond acceptors (Lipinski definition) is 2. The Kier molecular flexibility index (Phi) is 4.09. The SMILES string of the molecule is CCN(CC)c1c(F)cccc1[C@H](C)N. The van der Waals surface area contributed by atoms with Gasteiger partial charge in [-0.3, -0.25) is 0 Å². The molecule has 1 rings (SSSR count). The number of anilines is 1. The van der Waals surface area contributed by atoms with E-state index in [-0.39, 0.29) is 11.9 Å². The van der Waals surface area contributed by atoms with E-state index in [2.05, 4.69) is 0 Å². The standard InChI is InChI=1S/C12H19FN2/c1-4-15(5-2)12-10(9(3)14)7-6-8-11(12)13/h6-9H,4-5,14H2,1-3H3/t9-/m0/s1. The van der Waals surface area contributed by atoms with Crippen molar-refractivity contribution in [2.75, 3.05) is 18.0 Å². The summed E-state index contributed by atoms with van der Waals surface area (Å²) in [6, 6.07) is 4.94. The summed E-state index contributed by atoms with van der Waals surface area (Å²) in [6.45, 7) is 7.48. The maximum Gasteiger partial charge on any atom is 0.146 e. The van der Waals surface area contributed by atoms with Crippen molar-refractivity contribution < 1.29 is 4.39 Å². The molecular weight excluding hydrogens is 191 g/mol. The fraction of sp³-hybridized carbons (Fsp3) is 0.500. The van der Waals surface area contributed by atoms with Crippen molar-refractivity contribution in [2.24, 2.45) is 5.73 Å². The molecule has 0 spiro atoms. The molecule has 2 nitrogen and oxygen atoms in total. The van der Waals surface area contributed by atoms with Crippen LogP contribution in [0.15, 0.2) is 18.2 Å². The summed E-state index contributed by atoms with van der Waals surface area (Å²) in [5.74, 6) is -0.187. The molecule has 0 bridgehead atoms. The number of nitrogens with zero attached hydrogens (tertiary/aromatic N) is 1. The van der Waals surface area contributed by atoms with E-state index in [4.69, 9.17) is 5.73 Å². The second-order valence-corrected chi connectivity index (χ2v) is 3.64. The monoisotopic (exact) mass is 210 g/mol. The van der Waals surface area contributed by atoms with Crippen molar-refractivity contribution in [2.45, 2.75) is 26.8 Å². The predicted molar refractivity (Wildman–Crippen MR) is 62.6 cm³/mol. The number of nitrogens with two attached hydrogens (primary N) is 1. The second kappa shape index (κ2) is 5.12. The van der Waals surface area contributed by atoms with E-state index >= 15 is 0 Å². The average Bonchev–Trinajstić information content (AvgIpc) is 2.21. The molecule has 0 aromatic heterocycles. The molecule has 15 heavy (non-hydrogen) atoms. The van der Waals surface area contributed by atoms with Crippen molar-refractivity contribution >= 4 is 5.69 Å². The fourth-order valence-corrected chi connectivity index (χ4v) is 1.77. The normalized spacial score (nSPS) is 12.6. The van der Waals surface area contributed by atoms with Gasteiger partial charge in [0.2, 0.25) is 0 Å². The molecule has 0 heterocycles. The Morgan fingerprint density at radius 2 is 1.93 bits per heavy atom. The number of hydrogen-bond donors (Lipinski definition) is 1. The fourth-order valence-electron chi connectivity index (χ4n) is 1.77. The maximum atomic E-state index is 13.7. The van der Waals surface area contributed by atoms with Crippen LogP contribution in [0.5, 0.6) is 0 Å². The summed E-state index contributed by atoms with van der Waals surface area (Å²) in [5.41, 5.74) is 7.36. The first-order valence-corrected chi connectivity index (χ1v) is 5.40. The van der Waals surface area contributed by atoms with E-state index in [0.29, 0.717) is 5.69 Å². The number of para-hydroxylation sites is 1. The van der Waals surface area contributed by atoms with E-state index in [9.17, 15) is 4.39 Å². The third-order valence-corrected chi connectivity index (χ3v) is 2.59. The van der Waals surface area contributed by atoms with Crippen LogP contribution in [0.2, 0.25) is 0 Å². The Balaban J connectivity index is 3.23. The molecule has 0 aliphatic heterocycles. The summed E-state index contributed by atoms with van der Waals surface area (Å²) in [7, 11) is 0. The van der Waals surface area contributed by atoms with Crippen molar-refractivity contribution in [3.05, 3.63) is 29.6 Å². The molecule has 0 radical (unpaired) electrons. The molecule has 0 aliphatic rings. The number of benzene rings is 1. The van der Waals surface area contributed by atoms with Gasteiger partial charge in [-0.25, -0.2) is 4.39 Å². The van der Waals surface area contributed by atoms with Gasteiger partial charge in [0.1, 0.15) is 5.82 Å². The van der Waals surface area contributed by atoms with Crippen LogP contribution in [0, 0.1) is 5.82 Å². The zero-order chi connectivity index (χ0) is 11.4. The van der Waals surface area contributed by atoms with Crippen LogP contribution in [0.3, 0.4) is 0 Å². The molecule has 0 fully saturated rings. The highest BCUT2D eigenvalue weighted by molar-refractivity contribution is 5.55. The van der Waals surface area contributed by atoms with Gasteiger partial charge in [0.15, 0.2) is 0 Å². The molecule has 0 saturated heterocycles. The van der Waals surface area contributed by atoms with Gasteiger partial charge >= 0.3 is 0 Å². The number of rotatable bonds is 4. The molecule has 0 aliphatic carbocycles. The van der Waals surface area contributed by atoms with Crippen LogP contribution in [-0.2, 0) is 0 Å². The third kappa shape index (κ3) is 2.48. The van der Waals surface area contributed by atoms with Crippen molar-refractivity contribution in [1.82, 2.24) is 0 Å². The summed E-state index contributed by atoms with van der Waals surface area (Å²) >= 11 is 0. The lowest BCUT2D eigenvalue weighted by atomic mass is 10.1. The Morgan fingerprint density at radius 1 is 1.33 bits per heavy atom. The molecule has 2 N–H and O–H groups in total. The van der Waals surface area contributed by atoms with E-state index in [1.807, 2.05) is 31.7 Å². The second-order valence-electron chi connectivity index (χ2n) is 3.64. The first-order valence-electron chi connectivity index (χ1n) is 5.40. The van der Waals surface area contributed by atoms with Gasteiger partial charge in [-0.1, -0.05) is 12.1 Å². The van der Waals surface area contributed by atoms with Crippen LogP contribution in [0.4, 0.5) is 10.1 Å². The van der Waals surface area contributed by atoms with Crippen LogP contribution >= 0.6 is 0 Å². The lowest BCUT2D eigenvalue weighted by Crippen LogP contribution is -2.25. The van der Waals surface area contributed by atoms with Crippen molar-refractivity contribution in [1.29, 1.82) is 0 Å². The molecule has 3 heteroatoms. The van der Waals surface area contributed by atoms with Gasteiger partial charge in [-0.05, 0) is 32.4 Å². The first kappa shape index (κ1) is 12.0. The van der Waals surface area contributed by atoms with E-state index in [0.717, 1.165) is 18.7 Å². The Morgan fingerprint density at radius 3 is 2.40 bits per heavy atom. The first-order chi connectivity index (χ1) is 7.11. The van der Waals surface area contributed by atoms with Gasteiger partial charge in [0, 0.05) is 19.1 Å². The topological polar surface area (TPSA) is 29.3 Å². The molecule has 1 aromatic rings. The minimum Gasteiger partial charge on any atom is -0.369 e. The largest absolute Gasteiger partial charge is 0.369 e. The molecule has 84 valence electrons. The third-order valence-electron chi connectivity index (χ3n) is 2.59. The summed E-state index contributed by atoms with van der Waals surface area (Å²) < 4.78 is 13.7. The Bertz CT molecular complexity index is 319. The Hall–Kier alpha value is -1.09. The van der Waals surface area contributed by atoms with Crippen molar-refractivity contribution in [3.8, 4) is 0 Å². The molecule has 0 amide bonds. The van der Waals surface area contributed by atoms with E-state index < -0.39 is 0 Å². The highest BCUT2D eigenvalue weighted by Crippen LogP contribution is 2.28. The highest BCUT2D eigenvalue weighted by Gasteiger charge is 2.15. The van der Waals surface area contributed by atoms with Crippen LogP contribution in [-0.4, -0.2) is 13.1 Å². The zero-order valence-corrected chi connectivity index (χ0v) is 9.63. The average molecular weight is 210 g/mol. The quantitative estimate of drug-likeness (QED) is 0.828. The zero-order valence-electron chi connectivity index (χ0n) is 9.63. The van der Waals surface area contributed by atoms with Gasteiger partial charge in [-0.15, -0.1) is 0 Å². The molecule has 1 atom stereocenters. The molecule has 0 saturated carbocycles. The summed E-state index contributed by atoms with van der Waals surface area (Å²) in [6.07, 6.45) is 0. The lowest BCUT2D eigenvalue weighted by molar-refractivity contribution is 0.613. The summed E-state index contributed by atoms with van der Waals surface area (Å²) in [5, 5.41) is 0. The smallest absolute Gasteiger partial charge is 0.146 e. The minimum absolute atomic E-state index is 0.142. The van der Waals surface area contributed by atoms with Gasteiger partial charge in [-0.2, -0.15) is 0 Å². The van der Waals surface area contributed by atoms with E-state index in [1.165, 1.54) is 6.07 Å². The lowest BCUT2D eigenvalue weighted by Gasteiger charge is -2.25. The number of halogens is 1. The van der Waals surface area contributed by atoms with Crippen LogP contribution in [0.1, 0.15) is 32.4 Å². The maximum absolute atomic E-state index is 13.7. The summed E-state index contributed by atoms with van der Waals surface area (Å²) in [4.78, 5) is 1.99. The highest BCUT2D eigenvalue weighted by atomic mass is 19.1. The van der Waals surface area contributed by atoms with Crippen molar-refractivity contribution in [3.63, 3.8) is 0 Å². The van der Waals surface area contributed by atoms with Gasteiger partial charge < -0.3 is 10.6 Å². The van der Waals surface area contributed by atoms with Crippen LogP contribution < -0.4 is 10.6 Å².